The number of aromatic hydroxyl groups is 2. The van der Waals surface area contributed by atoms with Gasteiger partial charge >= 0.3 is 0 Å². The Bertz CT molecular complexity index is 707. The van der Waals surface area contributed by atoms with Crippen LogP contribution in [0.5, 0.6) is 17.2 Å². The third-order valence-corrected chi connectivity index (χ3v) is 5.54. The van der Waals surface area contributed by atoms with Crippen LogP contribution in [0.4, 0.5) is 0 Å². The molecule has 1 fully saturated rings. The Hall–Kier alpha value is -2.16. The predicted octanol–water partition coefficient (Wildman–Crippen LogP) is 4.75. The van der Waals surface area contributed by atoms with Crippen molar-refractivity contribution in [3.63, 3.8) is 0 Å². The van der Waals surface area contributed by atoms with Crippen LogP contribution in [0.25, 0.3) is 0 Å². The number of hydrogen-bond donors (Lipinski definition) is 2. The summed E-state index contributed by atoms with van der Waals surface area (Å²) < 4.78 is 6.33. The van der Waals surface area contributed by atoms with Crippen LogP contribution in [0.3, 0.4) is 0 Å². The SMILES string of the molecule is CCC1CC2c3cc(O)ccc3OC(c3ccc(O)cc3)C2C1. The van der Waals surface area contributed by atoms with Crippen molar-refractivity contribution < 1.29 is 14.9 Å². The molecule has 2 aromatic carbocycles. The van der Waals surface area contributed by atoms with E-state index in [0.29, 0.717) is 23.5 Å². The van der Waals surface area contributed by atoms with Gasteiger partial charge in [0.1, 0.15) is 23.4 Å². The molecule has 0 saturated heterocycles. The number of fused-ring (bicyclic) bond motifs is 3. The summed E-state index contributed by atoms with van der Waals surface area (Å²) in [5.74, 6) is 3.06. The molecular formula is C20H22O3. The molecule has 4 atom stereocenters. The minimum absolute atomic E-state index is 0.0224. The molecule has 1 aliphatic heterocycles. The van der Waals surface area contributed by atoms with Gasteiger partial charge in [-0.3, -0.25) is 0 Å². The maximum atomic E-state index is 9.86. The molecule has 0 aromatic heterocycles. The van der Waals surface area contributed by atoms with Gasteiger partial charge in [-0.15, -0.1) is 0 Å². The number of phenols is 2. The van der Waals surface area contributed by atoms with Crippen LogP contribution in [0.2, 0.25) is 0 Å². The van der Waals surface area contributed by atoms with Crippen molar-refractivity contribution in [3.05, 3.63) is 53.6 Å². The van der Waals surface area contributed by atoms with Crippen molar-refractivity contribution in [2.24, 2.45) is 11.8 Å². The van der Waals surface area contributed by atoms with E-state index in [1.54, 1.807) is 18.2 Å². The van der Waals surface area contributed by atoms with Gasteiger partial charge in [0.25, 0.3) is 0 Å². The maximum Gasteiger partial charge on any atom is 0.127 e. The monoisotopic (exact) mass is 310 g/mol. The Morgan fingerprint density at radius 1 is 1.00 bits per heavy atom. The topological polar surface area (TPSA) is 49.7 Å². The van der Waals surface area contributed by atoms with E-state index in [2.05, 4.69) is 6.92 Å². The minimum Gasteiger partial charge on any atom is -0.508 e. The third kappa shape index (κ3) is 2.44. The average Bonchev–Trinajstić information content (AvgIpc) is 3.00. The van der Waals surface area contributed by atoms with E-state index in [9.17, 15) is 10.2 Å². The quantitative estimate of drug-likeness (QED) is 0.841. The van der Waals surface area contributed by atoms with Crippen LogP contribution >= 0.6 is 0 Å². The van der Waals surface area contributed by atoms with Crippen LogP contribution in [0, 0.1) is 11.8 Å². The number of phenolic OH excluding ortho intramolecular Hbond substituents is 2. The van der Waals surface area contributed by atoms with Crippen molar-refractivity contribution in [2.45, 2.75) is 38.2 Å². The maximum absolute atomic E-state index is 9.86. The van der Waals surface area contributed by atoms with Gasteiger partial charge in [-0.2, -0.15) is 0 Å². The first kappa shape index (κ1) is 14.4. The molecule has 1 saturated carbocycles. The number of hydrogen-bond acceptors (Lipinski definition) is 3. The summed E-state index contributed by atoms with van der Waals surface area (Å²) in [4.78, 5) is 0. The highest BCUT2D eigenvalue weighted by molar-refractivity contribution is 5.46. The van der Waals surface area contributed by atoms with Gasteiger partial charge in [-0.05, 0) is 60.6 Å². The fourth-order valence-electron chi connectivity index (χ4n) is 4.34. The lowest BCUT2D eigenvalue weighted by Crippen LogP contribution is -2.26. The Balaban J connectivity index is 1.76. The largest absolute Gasteiger partial charge is 0.508 e. The summed E-state index contributed by atoms with van der Waals surface area (Å²) in [7, 11) is 0. The summed E-state index contributed by atoms with van der Waals surface area (Å²) in [6.07, 6.45) is 3.52. The second kappa shape index (κ2) is 5.48. The first-order valence-corrected chi connectivity index (χ1v) is 8.44. The molecule has 120 valence electrons. The van der Waals surface area contributed by atoms with Gasteiger partial charge in [0.05, 0.1) is 0 Å². The van der Waals surface area contributed by atoms with Crippen LogP contribution in [0.15, 0.2) is 42.5 Å². The standard InChI is InChI=1S/C20H22O3/c1-2-12-9-16-17-11-15(22)7-8-19(17)23-20(18(16)10-12)13-3-5-14(21)6-4-13/h3-8,11-12,16,18,20-22H,2,9-10H2,1H3. The summed E-state index contributed by atoms with van der Waals surface area (Å²) in [6, 6.07) is 12.8. The first-order chi connectivity index (χ1) is 11.2. The van der Waals surface area contributed by atoms with E-state index >= 15 is 0 Å². The van der Waals surface area contributed by atoms with Gasteiger partial charge in [0.2, 0.25) is 0 Å². The molecule has 1 heterocycles. The Morgan fingerprint density at radius 3 is 2.48 bits per heavy atom. The van der Waals surface area contributed by atoms with E-state index in [4.69, 9.17) is 4.74 Å². The van der Waals surface area contributed by atoms with Crippen molar-refractivity contribution in [1.82, 2.24) is 0 Å². The van der Waals surface area contributed by atoms with Crippen LogP contribution in [-0.4, -0.2) is 10.2 Å². The number of rotatable bonds is 2. The van der Waals surface area contributed by atoms with Crippen molar-refractivity contribution in [3.8, 4) is 17.2 Å². The molecule has 4 unspecified atom stereocenters. The van der Waals surface area contributed by atoms with Gasteiger partial charge in [-0.1, -0.05) is 25.5 Å². The highest BCUT2D eigenvalue weighted by Gasteiger charge is 2.45. The van der Waals surface area contributed by atoms with E-state index < -0.39 is 0 Å². The Labute approximate surface area is 136 Å². The van der Waals surface area contributed by atoms with Crippen LogP contribution in [-0.2, 0) is 0 Å². The zero-order valence-corrected chi connectivity index (χ0v) is 13.3. The predicted molar refractivity (Wildman–Crippen MR) is 88.8 cm³/mol. The normalized spacial score (nSPS) is 28.7. The average molecular weight is 310 g/mol. The highest BCUT2D eigenvalue weighted by Crippen LogP contribution is 2.56. The molecule has 2 N–H and O–H groups in total. The Kier molecular flexibility index (Phi) is 3.44. The third-order valence-electron chi connectivity index (χ3n) is 5.54. The molecule has 4 rings (SSSR count). The lowest BCUT2D eigenvalue weighted by Gasteiger charge is -2.36. The molecule has 3 heteroatoms. The summed E-state index contributed by atoms with van der Waals surface area (Å²) in [5.41, 5.74) is 2.27. The smallest absolute Gasteiger partial charge is 0.127 e. The molecule has 2 aromatic rings. The Morgan fingerprint density at radius 2 is 1.74 bits per heavy atom. The van der Waals surface area contributed by atoms with Gasteiger partial charge in [0.15, 0.2) is 0 Å². The molecule has 0 bridgehead atoms. The zero-order chi connectivity index (χ0) is 16.0. The van der Waals surface area contributed by atoms with Crippen LogP contribution < -0.4 is 4.74 Å². The van der Waals surface area contributed by atoms with Crippen molar-refractivity contribution in [2.75, 3.05) is 0 Å². The van der Waals surface area contributed by atoms with Gasteiger partial charge < -0.3 is 14.9 Å². The van der Waals surface area contributed by atoms with Crippen LogP contribution in [0.1, 0.15) is 49.3 Å². The van der Waals surface area contributed by atoms with Crippen molar-refractivity contribution in [1.29, 1.82) is 0 Å². The second-order valence-corrected chi connectivity index (χ2v) is 6.87. The molecular weight excluding hydrogens is 288 g/mol. The lowest BCUT2D eigenvalue weighted by molar-refractivity contribution is 0.103. The molecule has 23 heavy (non-hydrogen) atoms. The lowest BCUT2D eigenvalue weighted by atomic mass is 9.80. The fourth-order valence-corrected chi connectivity index (χ4v) is 4.34. The molecule has 0 spiro atoms. The molecule has 2 aliphatic rings. The molecule has 1 aliphatic carbocycles. The minimum atomic E-state index is 0.0224. The summed E-state index contributed by atoms with van der Waals surface area (Å²) in [6.45, 7) is 2.25. The summed E-state index contributed by atoms with van der Waals surface area (Å²) in [5, 5.41) is 19.4. The van der Waals surface area contributed by atoms with E-state index in [-0.39, 0.29) is 11.9 Å². The van der Waals surface area contributed by atoms with E-state index in [1.807, 2.05) is 24.3 Å². The zero-order valence-electron chi connectivity index (χ0n) is 13.3. The molecule has 3 nitrogen and oxygen atoms in total. The van der Waals surface area contributed by atoms with Gasteiger partial charge in [0, 0.05) is 11.5 Å². The first-order valence-electron chi connectivity index (χ1n) is 8.44. The molecule has 0 amide bonds. The fraction of sp³-hybridized carbons (Fsp3) is 0.400. The van der Waals surface area contributed by atoms with Gasteiger partial charge in [-0.25, -0.2) is 0 Å². The molecule has 0 radical (unpaired) electrons. The summed E-state index contributed by atoms with van der Waals surface area (Å²) >= 11 is 0. The highest BCUT2D eigenvalue weighted by atomic mass is 16.5. The van der Waals surface area contributed by atoms with E-state index in [0.717, 1.165) is 29.7 Å². The number of benzene rings is 2. The number of ether oxygens (including phenoxy) is 1. The van der Waals surface area contributed by atoms with Crippen molar-refractivity contribution >= 4 is 0 Å². The second-order valence-electron chi connectivity index (χ2n) is 6.87. The van der Waals surface area contributed by atoms with E-state index in [1.165, 1.54) is 6.42 Å².